The number of rotatable bonds is 7. The molecule has 0 radical (unpaired) electrons. The van der Waals surface area contributed by atoms with Crippen LogP contribution in [0.2, 0.25) is 0 Å². The SMILES string of the molecule is CC(C)CC(CC(C)C)NCc1cccc(C#N)c1. The highest BCUT2D eigenvalue weighted by Crippen LogP contribution is 2.14. The van der Waals surface area contributed by atoms with E-state index in [9.17, 15) is 0 Å². The topological polar surface area (TPSA) is 35.8 Å². The summed E-state index contributed by atoms with van der Waals surface area (Å²) in [6, 6.07) is 10.6. The maximum absolute atomic E-state index is 8.91. The minimum atomic E-state index is 0.561. The van der Waals surface area contributed by atoms with Gasteiger partial charge in [0.25, 0.3) is 0 Å². The van der Waals surface area contributed by atoms with Crippen molar-refractivity contribution in [3.8, 4) is 6.07 Å². The van der Waals surface area contributed by atoms with Crippen molar-refractivity contribution in [2.75, 3.05) is 0 Å². The molecule has 0 bridgehead atoms. The highest BCUT2D eigenvalue weighted by Gasteiger charge is 2.12. The van der Waals surface area contributed by atoms with Crippen molar-refractivity contribution in [2.24, 2.45) is 11.8 Å². The Morgan fingerprint density at radius 2 is 1.74 bits per heavy atom. The Morgan fingerprint density at radius 1 is 1.11 bits per heavy atom. The second-order valence-electron chi connectivity index (χ2n) is 6.15. The number of nitrogens with one attached hydrogen (secondary N) is 1. The smallest absolute Gasteiger partial charge is 0.0991 e. The monoisotopic (exact) mass is 258 g/mol. The van der Waals surface area contributed by atoms with E-state index in [1.165, 1.54) is 18.4 Å². The fraction of sp³-hybridized carbons (Fsp3) is 0.588. The molecule has 2 heteroatoms. The molecule has 0 saturated heterocycles. The fourth-order valence-electron chi connectivity index (χ4n) is 2.41. The summed E-state index contributed by atoms with van der Waals surface area (Å²) >= 11 is 0. The highest BCUT2D eigenvalue weighted by molar-refractivity contribution is 5.32. The van der Waals surface area contributed by atoms with Gasteiger partial charge in [-0.3, -0.25) is 0 Å². The zero-order valence-electron chi connectivity index (χ0n) is 12.6. The summed E-state index contributed by atoms with van der Waals surface area (Å²) in [5, 5.41) is 12.5. The van der Waals surface area contributed by atoms with E-state index < -0.39 is 0 Å². The van der Waals surface area contributed by atoms with Gasteiger partial charge in [-0.1, -0.05) is 39.8 Å². The van der Waals surface area contributed by atoms with Crippen LogP contribution in [-0.2, 0) is 6.54 Å². The van der Waals surface area contributed by atoms with Crippen LogP contribution in [0.3, 0.4) is 0 Å². The van der Waals surface area contributed by atoms with Gasteiger partial charge < -0.3 is 5.32 Å². The molecule has 0 saturated carbocycles. The molecule has 0 aliphatic carbocycles. The zero-order valence-corrected chi connectivity index (χ0v) is 12.6. The molecule has 0 aromatic heterocycles. The summed E-state index contributed by atoms with van der Waals surface area (Å²) in [5.74, 6) is 1.42. The average Bonchev–Trinajstić information content (AvgIpc) is 2.35. The van der Waals surface area contributed by atoms with Gasteiger partial charge >= 0.3 is 0 Å². The van der Waals surface area contributed by atoms with E-state index in [1.54, 1.807) is 0 Å². The molecule has 19 heavy (non-hydrogen) atoms. The first kappa shape index (κ1) is 15.7. The Kier molecular flexibility index (Phi) is 6.59. The van der Waals surface area contributed by atoms with E-state index in [4.69, 9.17) is 5.26 Å². The molecule has 1 rings (SSSR count). The molecule has 0 amide bonds. The van der Waals surface area contributed by atoms with Crippen LogP contribution in [0, 0.1) is 23.2 Å². The molecule has 0 aliphatic heterocycles. The van der Waals surface area contributed by atoms with E-state index in [-0.39, 0.29) is 0 Å². The first-order valence-electron chi connectivity index (χ1n) is 7.23. The molecule has 1 aromatic carbocycles. The van der Waals surface area contributed by atoms with Gasteiger partial charge in [0.1, 0.15) is 0 Å². The Bertz CT molecular complexity index is 406. The van der Waals surface area contributed by atoms with Gasteiger partial charge in [-0.15, -0.1) is 0 Å². The van der Waals surface area contributed by atoms with Gasteiger partial charge in [0.05, 0.1) is 11.6 Å². The van der Waals surface area contributed by atoms with Crippen LogP contribution in [-0.4, -0.2) is 6.04 Å². The Balaban J connectivity index is 2.57. The van der Waals surface area contributed by atoms with E-state index in [1.807, 2.05) is 18.2 Å². The van der Waals surface area contributed by atoms with Crippen molar-refractivity contribution in [1.82, 2.24) is 5.32 Å². The van der Waals surface area contributed by atoms with Crippen LogP contribution in [0.4, 0.5) is 0 Å². The van der Waals surface area contributed by atoms with E-state index in [0.29, 0.717) is 17.9 Å². The lowest BCUT2D eigenvalue weighted by Gasteiger charge is -2.22. The van der Waals surface area contributed by atoms with Crippen LogP contribution in [0.15, 0.2) is 24.3 Å². The number of benzene rings is 1. The lowest BCUT2D eigenvalue weighted by atomic mass is 9.95. The largest absolute Gasteiger partial charge is 0.310 e. The third kappa shape index (κ3) is 6.40. The molecule has 0 fully saturated rings. The van der Waals surface area contributed by atoms with Gasteiger partial charge in [0.15, 0.2) is 0 Å². The van der Waals surface area contributed by atoms with Crippen LogP contribution >= 0.6 is 0 Å². The zero-order chi connectivity index (χ0) is 14.3. The van der Waals surface area contributed by atoms with Crippen molar-refractivity contribution >= 4 is 0 Å². The summed E-state index contributed by atoms with van der Waals surface area (Å²) in [4.78, 5) is 0. The summed E-state index contributed by atoms with van der Waals surface area (Å²) in [5.41, 5.74) is 1.93. The van der Waals surface area contributed by atoms with Crippen LogP contribution < -0.4 is 5.32 Å². The molecule has 2 nitrogen and oxygen atoms in total. The summed E-state index contributed by atoms with van der Waals surface area (Å²) in [6.45, 7) is 9.92. The highest BCUT2D eigenvalue weighted by atomic mass is 14.9. The molecule has 1 aromatic rings. The Morgan fingerprint density at radius 3 is 2.26 bits per heavy atom. The third-order valence-corrected chi connectivity index (χ3v) is 3.16. The van der Waals surface area contributed by atoms with Crippen molar-refractivity contribution in [2.45, 2.75) is 53.1 Å². The minimum Gasteiger partial charge on any atom is -0.310 e. The van der Waals surface area contributed by atoms with Crippen LogP contribution in [0.5, 0.6) is 0 Å². The maximum Gasteiger partial charge on any atom is 0.0991 e. The summed E-state index contributed by atoms with van der Waals surface area (Å²) in [7, 11) is 0. The van der Waals surface area contributed by atoms with Gasteiger partial charge in [0, 0.05) is 12.6 Å². The normalized spacial score (nSPS) is 11.3. The Hall–Kier alpha value is -1.33. The molecule has 104 valence electrons. The first-order chi connectivity index (χ1) is 9.01. The molecule has 0 heterocycles. The molecule has 0 atom stereocenters. The van der Waals surface area contributed by atoms with Crippen LogP contribution in [0.25, 0.3) is 0 Å². The van der Waals surface area contributed by atoms with Gasteiger partial charge in [-0.05, 0) is 42.4 Å². The lowest BCUT2D eigenvalue weighted by Crippen LogP contribution is -2.31. The second-order valence-corrected chi connectivity index (χ2v) is 6.15. The van der Waals surface area contributed by atoms with E-state index >= 15 is 0 Å². The number of nitriles is 1. The predicted octanol–water partition coefficient (Wildman–Crippen LogP) is 4.11. The van der Waals surface area contributed by atoms with Crippen molar-refractivity contribution < 1.29 is 0 Å². The first-order valence-corrected chi connectivity index (χ1v) is 7.23. The molecule has 0 unspecified atom stereocenters. The Labute approximate surface area is 117 Å². The molecular formula is C17H26N2. The predicted molar refractivity (Wildman–Crippen MR) is 80.7 cm³/mol. The standard InChI is InChI=1S/C17H26N2/c1-13(2)8-17(9-14(3)4)19-12-16-7-5-6-15(10-16)11-18/h5-7,10,13-14,17,19H,8-9,12H2,1-4H3. The molecule has 1 N–H and O–H groups in total. The van der Waals surface area contributed by atoms with E-state index in [2.05, 4.69) is 45.1 Å². The second kappa shape index (κ2) is 7.96. The van der Waals surface area contributed by atoms with Crippen molar-refractivity contribution in [3.05, 3.63) is 35.4 Å². The third-order valence-electron chi connectivity index (χ3n) is 3.16. The number of hydrogen-bond acceptors (Lipinski definition) is 2. The molecule has 0 aliphatic rings. The summed E-state index contributed by atoms with van der Waals surface area (Å²) in [6.07, 6.45) is 2.41. The summed E-state index contributed by atoms with van der Waals surface area (Å²) < 4.78 is 0. The van der Waals surface area contributed by atoms with Gasteiger partial charge in [-0.2, -0.15) is 5.26 Å². The van der Waals surface area contributed by atoms with E-state index in [0.717, 1.165) is 12.1 Å². The van der Waals surface area contributed by atoms with Gasteiger partial charge in [0.2, 0.25) is 0 Å². The lowest BCUT2D eigenvalue weighted by molar-refractivity contribution is 0.358. The fourth-order valence-corrected chi connectivity index (χ4v) is 2.41. The quantitative estimate of drug-likeness (QED) is 0.799. The minimum absolute atomic E-state index is 0.561. The average molecular weight is 258 g/mol. The van der Waals surface area contributed by atoms with Crippen molar-refractivity contribution in [1.29, 1.82) is 5.26 Å². The number of nitrogens with zero attached hydrogens (tertiary/aromatic N) is 1. The van der Waals surface area contributed by atoms with Crippen LogP contribution in [0.1, 0.15) is 51.7 Å². The van der Waals surface area contributed by atoms with Crippen molar-refractivity contribution in [3.63, 3.8) is 0 Å². The van der Waals surface area contributed by atoms with Gasteiger partial charge in [-0.25, -0.2) is 0 Å². The number of hydrogen-bond donors (Lipinski definition) is 1. The molecule has 0 spiro atoms. The maximum atomic E-state index is 8.91. The molecular weight excluding hydrogens is 232 g/mol.